The number of benzene rings is 1. The van der Waals surface area contributed by atoms with Crippen LogP contribution < -0.4 is 5.56 Å². The lowest BCUT2D eigenvalue weighted by atomic mass is 10.2. The Morgan fingerprint density at radius 1 is 1.32 bits per heavy atom. The zero-order valence-corrected chi connectivity index (χ0v) is 10.2. The lowest BCUT2D eigenvalue weighted by molar-refractivity contribution is 0.629. The van der Waals surface area contributed by atoms with Crippen LogP contribution in [0.15, 0.2) is 41.5 Å². The molecule has 19 heavy (non-hydrogen) atoms. The van der Waals surface area contributed by atoms with Crippen LogP contribution in [-0.4, -0.2) is 14.5 Å². The molecule has 6 heteroatoms. The summed E-state index contributed by atoms with van der Waals surface area (Å²) in [5.41, 5.74) is 0.307. The molecule has 1 radical (unpaired) electrons. The quantitative estimate of drug-likeness (QED) is 0.684. The fourth-order valence-corrected chi connectivity index (χ4v) is 2.00. The normalized spacial score (nSPS) is 10.8. The molecule has 0 fully saturated rings. The van der Waals surface area contributed by atoms with Crippen LogP contribution in [0.5, 0.6) is 0 Å². The van der Waals surface area contributed by atoms with Crippen molar-refractivity contribution in [2.24, 2.45) is 0 Å². The lowest BCUT2D eigenvalue weighted by Gasteiger charge is -2.06. The molecule has 1 aromatic carbocycles. The van der Waals surface area contributed by atoms with E-state index in [0.717, 1.165) is 4.57 Å². The molecule has 0 spiro atoms. The highest BCUT2D eigenvalue weighted by molar-refractivity contribution is 6.35. The standard InChI is InChI=1S/C13H6ClFN3O/c14-12-9(15)3-4-10-11(12)13(19)18(7-17-10)8-2-1-5-16-6-8/h1-6H. The molecule has 0 aliphatic heterocycles. The third-order valence-electron chi connectivity index (χ3n) is 2.66. The summed E-state index contributed by atoms with van der Waals surface area (Å²) in [4.78, 5) is 20.2. The first-order valence-electron chi connectivity index (χ1n) is 5.37. The summed E-state index contributed by atoms with van der Waals surface area (Å²) in [6.07, 6.45) is 5.64. The fraction of sp³-hybridized carbons (Fsp3) is 0. The summed E-state index contributed by atoms with van der Waals surface area (Å²) in [6, 6.07) is 5.90. The average Bonchev–Trinajstić information content (AvgIpc) is 2.44. The number of fused-ring (bicyclic) bond motifs is 1. The maximum Gasteiger partial charge on any atom is 0.268 e. The molecule has 0 amide bonds. The molecule has 0 N–H and O–H groups in total. The first-order valence-corrected chi connectivity index (χ1v) is 5.75. The molecule has 0 saturated carbocycles. The van der Waals surface area contributed by atoms with Gasteiger partial charge in [-0.05, 0) is 24.3 Å². The van der Waals surface area contributed by atoms with Gasteiger partial charge in [0, 0.05) is 6.20 Å². The number of hydrogen-bond donors (Lipinski definition) is 0. The molecule has 0 bridgehead atoms. The Morgan fingerprint density at radius 3 is 2.89 bits per heavy atom. The molecule has 0 unspecified atom stereocenters. The highest BCUT2D eigenvalue weighted by Gasteiger charge is 2.13. The van der Waals surface area contributed by atoms with Gasteiger partial charge in [0.25, 0.3) is 5.56 Å². The highest BCUT2D eigenvalue weighted by atomic mass is 35.5. The Bertz CT molecular complexity index is 817. The van der Waals surface area contributed by atoms with Crippen molar-refractivity contribution in [2.45, 2.75) is 0 Å². The summed E-state index contributed by atoms with van der Waals surface area (Å²) in [6.45, 7) is 0. The summed E-state index contributed by atoms with van der Waals surface area (Å²) in [5.74, 6) is -0.656. The van der Waals surface area contributed by atoms with Gasteiger partial charge in [-0.2, -0.15) is 0 Å². The Morgan fingerprint density at radius 2 is 2.16 bits per heavy atom. The van der Waals surface area contributed by atoms with Gasteiger partial charge in [-0.25, -0.2) is 9.37 Å². The van der Waals surface area contributed by atoms with Crippen LogP contribution in [-0.2, 0) is 0 Å². The highest BCUT2D eigenvalue weighted by Crippen LogP contribution is 2.22. The SMILES string of the molecule is O=c1c2c(Cl)c(F)ccc2n[c]n1-c1cccnc1. The number of pyridine rings is 1. The minimum Gasteiger partial charge on any atom is -0.268 e. The lowest BCUT2D eigenvalue weighted by Crippen LogP contribution is -2.20. The van der Waals surface area contributed by atoms with E-state index in [9.17, 15) is 9.18 Å². The number of aromatic nitrogens is 3. The zero-order valence-electron chi connectivity index (χ0n) is 9.47. The molecule has 0 saturated heterocycles. The van der Waals surface area contributed by atoms with Gasteiger partial charge in [-0.3, -0.25) is 14.3 Å². The first-order chi connectivity index (χ1) is 9.18. The van der Waals surface area contributed by atoms with E-state index in [1.54, 1.807) is 18.3 Å². The molecule has 0 aliphatic rings. The zero-order chi connectivity index (χ0) is 13.4. The summed E-state index contributed by atoms with van der Waals surface area (Å²) >= 11 is 5.83. The van der Waals surface area contributed by atoms with Crippen molar-refractivity contribution in [3.8, 4) is 5.69 Å². The van der Waals surface area contributed by atoms with Crippen LogP contribution in [0.25, 0.3) is 16.6 Å². The molecule has 2 aromatic heterocycles. The number of halogens is 2. The maximum atomic E-state index is 13.4. The second kappa shape index (κ2) is 4.44. The monoisotopic (exact) mass is 274 g/mol. The molecule has 3 aromatic rings. The summed E-state index contributed by atoms with van der Waals surface area (Å²) < 4.78 is 14.6. The molecular weight excluding hydrogens is 269 g/mol. The Kier molecular flexibility index (Phi) is 2.76. The van der Waals surface area contributed by atoms with Crippen molar-refractivity contribution >= 4 is 22.5 Å². The minimum absolute atomic E-state index is 0.0317. The van der Waals surface area contributed by atoms with Crippen molar-refractivity contribution in [1.82, 2.24) is 14.5 Å². The van der Waals surface area contributed by atoms with E-state index in [1.807, 2.05) is 0 Å². The predicted molar refractivity (Wildman–Crippen MR) is 68.9 cm³/mol. The van der Waals surface area contributed by atoms with Gasteiger partial charge in [0.1, 0.15) is 5.82 Å². The number of hydrogen-bond acceptors (Lipinski definition) is 3. The first kappa shape index (κ1) is 11.8. The van der Waals surface area contributed by atoms with Crippen LogP contribution in [0.2, 0.25) is 5.02 Å². The van der Waals surface area contributed by atoms with Crippen LogP contribution in [0, 0.1) is 12.1 Å². The predicted octanol–water partition coefficient (Wildman–Crippen LogP) is 2.37. The van der Waals surface area contributed by atoms with Gasteiger partial charge in [-0.15, -0.1) is 0 Å². The molecule has 93 valence electrons. The molecule has 2 heterocycles. The van der Waals surface area contributed by atoms with Gasteiger partial charge in [-0.1, -0.05) is 11.6 Å². The second-order valence-electron chi connectivity index (χ2n) is 3.82. The van der Waals surface area contributed by atoms with Gasteiger partial charge in [0.2, 0.25) is 0 Å². The van der Waals surface area contributed by atoms with Gasteiger partial charge >= 0.3 is 0 Å². The summed E-state index contributed by atoms with van der Waals surface area (Å²) in [7, 11) is 0. The molecule has 0 aliphatic carbocycles. The molecule has 3 rings (SSSR count). The third-order valence-corrected chi connectivity index (χ3v) is 3.03. The summed E-state index contributed by atoms with van der Waals surface area (Å²) in [5, 5.41) is -0.203. The fourth-order valence-electron chi connectivity index (χ4n) is 1.76. The van der Waals surface area contributed by atoms with Crippen molar-refractivity contribution in [2.75, 3.05) is 0 Å². The Labute approximate surface area is 112 Å². The minimum atomic E-state index is -0.656. The van der Waals surface area contributed by atoms with E-state index in [1.165, 1.54) is 18.3 Å². The van der Waals surface area contributed by atoms with Crippen molar-refractivity contribution in [3.05, 3.63) is 64.2 Å². The van der Waals surface area contributed by atoms with Gasteiger partial charge < -0.3 is 0 Å². The molecular formula is C13H6ClFN3O. The largest absolute Gasteiger partial charge is 0.268 e. The van der Waals surface area contributed by atoms with E-state index in [0.29, 0.717) is 11.2 Å². The average molecular weight is 275 g/mol. The van der Waals surface area contributed by atoms with Gasteiger partial charge in [0.15, 0.2) is 6.33 Å². The molecule has 0 atom stereocenters. The van der Waals surface area contributed by atoms with Crippen molar-refractivity contribution in [1.29, 1.82) is 0 Å². The van der Waals surface area contributed by atoms with E-state index >= 15 is 0 Å². The Hall–Kier alpha value is -2.27. The molecule has 4 nitrogen and oxygen atoms in total. The van der Waals surface area contributed by atoms with Crippen LogP contribution in [0.1, 0.15) is 0 Å². The van der Waals surface area contributed by atoms with Crippen molar-refractivity contribution < 1.29 is 4.39 Å². The van der Waals surface area contributed by atoms with E-state index in [2.05, 4.69) is 16.3 Å². The van der Waals surface area contributed by atoms with Crippen molar-refractivity contribution in [3.63, 3.8) is 0 Å². The van der Waals surface area contributed by atoms with Gasteiger partial charge in [0.05, 0.1) is 27.8 Å². The maximum absolute atomic E-state index is 13.4. The number of rotatable bonds is 1. The van der Waals surface area contributed by atoms with Crippen LogP contribution in [0.3, 0.4) is 0 Å². The van der Waals surface area contributed by atoms with E-state index < -0.39 is 11.4 Å². The topological polar surface area (TPSA) is 47.8 Å². The smallest absolute Gasteiger partial charge is 0.268 e. The van der Waals surface area contributed by atoms with E-state index in [4.69, 9.17) is 11.6 Å². The van der Waals surface area contributed by atoms with Crippen LogP contribution >= 0.6 is 11.6 Å². The number of nitrogens with zero attached hydrogens (tertiary/aromatic N) is 3. The third kappa shape index (κ3) is 1.88. The van der Waals surface area contributed by atoms with E-state index in [-0.39, 0.29) is 10.4 Å². The Balaban J connectivity index is 2.39. The second-order valence-corrected chi connectivity index (χ2v) is 4.20. The van der Waals surface area contributed by atoms with Crippen LogP contribution in [0.4, 0.5) is 4.39 Å².